The maximum atomic E-state index is 6.14. The molecular weight excluding hydrogens is 238 g/mol. The van der Waals surface area contributed by atoms with Gasteiger partial charge in [-0.25, -0.2) is 0 Å². The predicted molar refractivity (Wildman–Crippen MR) is 77.8 cm³/mol. The van der Waals surface area contributed by atoms with Gasteiger partial charge in [-0.2, -0.15) is 0 Å². The van der Waals surface area contributed by atoms with E-state index in [1.165, 1.54) is 32.1 Å². The summed E-state index contributed by atoms with van der Waals surface area (Å²) in [4.78, 5) is 6.74. The van der Waals surface area contributed by atoms with Crippen LogP contribution in [0.1, 0.15) is 32.1 Å². The Morgan fingerprint density at radius 1 is 1.26 bits per heavy atom. The first-order chi connectivity index (χ1) is 9.25. The molecule has 0 amide bonds. The molecule has 4 nitrogen and oxygen atoms in total. The summed E-state index contributed by atoms with van der Waals surface area (Å²) in [5.41, 5.74) is 7.35. The Kier molecular flexibility index (Phi) is 3.09. The van der Waals surface area contributed by atoms with E-state index < -0.39 is 0 Å². The third kappa shape index (κ3) is 2.05. The first-order valence-corrected chi connectivity index (χ1v) is 6.99. The lowest BCUT2D eigenvalue weighted by Gasteiger charge is -2.42. The Balaban J connectivity index is 1.97. The second-order valence-electron chi connectivity index (χ2n) is 5.50. The zero-order chi connectivity index (χ0) is 13.3. The number of hydrogen-bond acceptors (Lipinski definition) is 4. The van der Waals surface area contributed by atoms with Crippen molar-refractivity contribution in [3.05, 3.63) is 24.3 Å². The second kappa shape index (κ2) is 4.76. The van der Waals surface area contributed by atoms with Crippen molar-refractivity contribution >= 4 is 11.6 Å². The fourth-order valence-electron chi connectivity index (χ4n) is 3.36. The number of nitrogens with two attached hydrogens (primary N) is 1. The summed E-state index contributed by atoms with van der Waals surface area (Å²) in [5.74, 6) is 1.51. The highest BCUT2D eigenvalue weighted by atomic mass is 16.5. The Morgan fingerprint density at radius 3 is 2.79 bits per heavy atom. The molecule has 4 heteroatoms. The number of guanidine groups is 1. The van der Waals surface area contributed by atoms with Gasteiger partial charge >= 0.3 is 0 Å². The van der Waals surface area contributed by atoms with E-state index in [1.54, 1.807) is 7.11 Å². The van der Waals surface area contributed by atoms with Crippen molar-refractivity contribution in [3.8, 4) is 5.75 Å². The number of aliphatic imine (C=N–C) groups is 1. The Bertz CT molecular complexity index is 492. The van der Waals surface area contributed by atoms with Gasteiger partial charge in [0, 0.05) is 11.8 Å². The zero-order valence-corrected chi connectivity index (χ0v) is 11.4. The molecule has 0 unspecified atom stereocenters. The standard InChI is InChI=1S/C15H21N3O/c1-19-13-7-5-6-12(10-13)18-14(16)17-11-15(18)8-3-2-4-9-15/h5-7,10H,2-4,8-9,11H2,1H3,(H2,16,17). The van der Waals surface area contributed by atoms with Gasteiger partial charge in [0.1, 0.15) is 5.75 Å². The van der Waals surface area contributed by atoms with Crippen LogP contribution in [0.3, 0.4) is 0 Å². The lowest BCUT2D eigenvalue weighted by atomic mass is 9.80. The van der Waals surface area contributed by atoms with E-state index >= 15 is 0 Å². The summed E-state index contributed by atoms with van der Waals surface area (Å²) in [6, 6.07) is 8.10. The molecule has 1 aliphatic heterocycles. The van der Waals surface area contributed by atoms with Crippen LogP contribution in [0.2, 0.25) is 0 Å². The van der Waals surface area contributed by atoms with E-state index in [0.717, 1.165) is 18.0 Å². The molecule has 0 atom stereocenters. The smallest absolute Gasteiger partial charge is 0.196 e. The molecule has 2 N–H and O–H groups in total. The minimum absolute atomic E-state index is 0.106. The van der Waals surface area contributed by atoms with Gasteiger partial charge in [-0.1, -0.05) is 25.3 Å². The fraction of sp³-hybridized carbons (Fsp3) is 0.533. The summed E-state index contributed by atoms with van der Waals surface area (Å²) in [5, 5.41) is 0. The molecule has 1 aromatic carbocycles. The number of hydrogen-bond donors (Lipinski definition) is 1. The fourth-order valence-corrected chi connectivity index (χ4v) is 3.36. The molecule has 1 heterocycles. The zero-order valence-electron chi connectivity index (χ0n) is 11.4. The quantitative estimate of drug-likeness (QED) is 0.888. The molecule has 1 spiro atoms. The summed E-state index contributed by atoms with van der Waals surface area (Å²) in [6.07, 6.45) is 6.21. The number of rotatable bonds is 2. The van der Waals surface area contributed by atoms with Crippen molar-refractivity contribution in [2.24, 2.45) is 10.7 Å². The number of benzene rings is 1. The number of anilines is 1. The lowest BCUT2D eigenvalue weighted by molar-refractivity contribution is 0.317. The second-order valence-corrected chi connectivity index (χ2v) is 5.50. The Morgan fingerprint density at radius 2 is 2.05 bits per heavy atom. The molecule has 19 heavy (non-hydrogen) atoms. The van der Waals surface area contributed by atoms with Crippen molar-refractivity contribution in [1.82, 2.24) is 0 Å². The molecule has 1 aliphatic carbocycles. The molecule has 0 aromatic heterocycles. The van der Waals surface area contributed by atoms with Gasteiger partial charge in [0.05, 0.1) is 19.2 Å². The number of methoxy groups -OCH3 is 1. The Hall–Kier alpha value is -1.71. The topological polar surface area (TPSA) is 50.9 Å². The van der Waals surface area contributed by atoms with Gasteiger partial charge in [-0.3, -0.25) is 4.99 Å². The van der Waals surface area contributed by atoms with E-state index in [1.807, 2.05) is 18.2 Å². The number of ether oxygens (including phenoxy) is 1. The maximum Gasteiger partial charge on any atom is 0.196 e. The first-order valence-electron chi connectivity index (χ1n) is 6.99. The van der Waals surface area contributed by atoms with Gasteiger partial charge < -0.3 is 15.4 Å². The van der Waals surface area contributed by atoms with Crippen molar-refractivity contribution < 1.29 is 4.74 Å². The molecule has 1 saturated carbocycles. The van der Waals surface area contributed by atoms with Crippen molar-refractivity contribution in [2.45, 2.75) is 37.6 Å². The van der Waals surface area contributed by atoms with Gasteiger partial charge in [-0.05, 0) is 25.0 Å². The summed E-state index contributed by atoms with van der Waals surface area (Å²) < 4.78 is 5.32. The largest absolute Gasteiger partial charge is 0.497 e. The highest BCUT2D eigenvalue weighted by Crippen LogP contribution is 2.40. The van der Waals surface area contributed by atoms with E-state index in [2.05, 4.69) is 16.0 Å². The van der Waals surface area contributed by atoms with Crippen LogP contribution in [0.25, 0.3) is 0 Å². The lowest BCUT2D eigenvalue weighted by Crippen LogP contribution is -2.53. The molecule has 1 aromatic rings. The average Bonchev–Trinajstić information content (AvgIpc) is 2.76. The monoisotopic (exact) mass is 259 g/mol. The molecule has 2 aliphatic rings. The van der Waals surface area contributed by atoms with Crippen LogP contribution in [0, 0.1) is 0 Å². The van der Waals surface area contributed by atoms with Gasteiger partial charge in [0.2, 0.25) is 0 Å². The molecule has 102 valence electrons. The van der Waals surface area contributed by atoms with Crippen LogP contribution in [0.15, 0.2) is 29.3 Å². The third-order valence-electron chi connectivity index (χ3n) is 4.33. The van der Waals surface area contributed by atoms with Crippen LogP contribution >= 0.6 is 0 Å². The molecular formula is C15H21N3O. The minimum Gasteiger partial charge on any atom is -0.497 e. The summed E-state index contributed by atoms with van der Waals surface area (Å²) in [7, 11) is 1.69. The summed E-state index contributed by atoms with van der Waals surface area (Å²) >= 11 is 0. The molecule has 3 rings (SSSR count). The Labute approximate surface area is 114 Å². The van der Waals surface area contributed by atoms with Gasteiger partial charge in [0.15, 0.2) is 5.96 Å². The van der Waals surface area contributed by atoms with E-state index in [0.29, 0.717) is 5.96 Å². The van der Waals surface area contributed by atoms with Gasteiger partial charge in [0.25, 0.3) is 0 Å². The van der Waals surface area contributed by atoms with Crippen LogP contribution in [-0.4, -0.2) is 25.2 Å². The molecule has 0 bridgehead atoms. The molecule has 0 saturated heterocycles. The highest BCUT2D eigenvalue weighted by Gasteiger charge is 2.43. The van der Waals surface area contributed by atoms with Gasteiger partial charge in [-0.15, -0.1) is 0 Å². The van der Waals surface area contributed by atoms with Crippen molar-refractivity contribution in [3.63, 3.8) is 0 Å². The molecule has 0 radical (unpaired) electrons. The van der Waals surface area contributed by atoms with Crippen molar-refractivity contribution in [1.29, 1.82) is 0 Å². The van der Waals surface area contributed by atoms with Crippen LogP contribution in [-0.2, 0) is 0 Å². The third-order valence-corrected chi connectivity index (χ3v) is 4.33. The van der Waals surface area contributed by atoms with Crippen LogP contribution in [0.5, 0.6) is 5.75 Å². The summed E-state index contributed by atoms with van der Waals surface area (Å²) in [6.45, 7) is 0.829. The highest BCUT2D eigenvalue weighted by molar-refractivity contribution is 5.98. The van der Waals surface area contributed by atoms with E-state index in [4.69, 9.17) is 10.5 Å². The van der Waals surface area contributed by atoms with E-state index in [-0.39, 0.29) is 5.54 Å². The first kappa shape index (κ1) is 12.3. The SMILES string of the molecule is COc1cccc(N2C(N)=NCC23CCCCC3)c1. The predicted octanol–water partition coefficient (Wildman–Crippen LogP) is 2.53. The minimum atomic E-state index is 0.106. The average molecular weight is 259 g/mol. The normalized spacial score (nSPS) is 21.5. The van der Waals surface area contributed by atoms with E-state index in [9.17, 15) is 0 Å². The molecule has 1 fully saturated rings. The van der Waals surface area contributed by atoms with Crippen molar-refractivity contribution in [2.75, 3.05) is 18.6 Å². The van der Waals surface area contributed by atoms with Crippen LogP contribution in [0.4, 0.5) is 5.69 Å². The number of nitrogens with zero attached hydrogens (tertiary/aromatic N) is 2. The maximum absolute atomic E-state index is 6.14. The van der Waals surface area contributed by atoms with Crippen LogP contribution < -0.4 is 15.4 Å².